The van der Waals surface area contributed by atoms with Crippen LogP contribution in [0.25, 0.3) is 0 Å². The van der Waals surface area contributed by atoms with E-state index in [9.17, 15) is 9.90 Å². The van der Waals surface area contributed by atoms with Gasteiger partial charge < -0.3 is 14.6 Å². The highest BCUT2D eigenvalue weighted by Crippen LogP contribution is 2.47. The number of hydrogen-bond acceptors (Lipinski definition) is 4. The molecule has 2 fully saturated rings. The number of piperidine rings is 1. The van der Waals surface area contributed by atoms with E-state index in [-0.39, 0.29) is 17.9 Å². The smallest absolute Gasteiger partial charge is 0.224 e. The number of rotatable bonds is 4. The topological polar surface area (TPSA) is 71.2 Å². The summed E-state index contributed by atoms with van der Waals surface area (Å²) in [6.07, 6.45) is 8.55. The lowest BCUT2D eigenvalue weighted by molar-refractivity contribution is -0.155. The molecule has 6 nitrogen and oxygen atoms in total. The first-order chi connectivity index (χ1) is 12.7. The molecule has 1 aliphatic carbocycles. The second kappa shape index (κ2) is 7.19. The number of aryl methyl sites for hydroxylation is 1. The molecule has 1 aromatic carbocycles. The molecular weight excluding hydrogens is 328 g/mol. The molecule has 0 radical (unpaired) electrons. The summed E-state index contributed by atoms with van der Waals surface area (Å²) in [5.41, 5.74) is 0.172. The molecule has 0 bridgehead atoms. The maximum Gasteiger partial charge on any atom is 0.224 e. The number of amides is 1. The van der Waals surface area contributed by atoms with E-state index >= 15 is 0 Å². The van der Waals surface area contributed by atoms with Crippen LogP contribution in [0.4, 0.5) is 0 Å². The van der Waals surface area contributed by atoms with Crippen LogP contribution in [0, 0.1) is 5.92 Å². The van der Waals surface area contributed by atoms with Crippen molar-refractivity contribution in [3.63, 3.8) is 0 Å². The molecule has 0 spiro atoms. The van der Waals surface area contributed by atoms with Crippen molar-refractivity contribution in [2.45, 2.75) is 56.7 Å². The summed E-state index contributed by atoms with van der Waals surface area (Å²) < 4.78 is 1.83. The molecule has 1 saturated carbocycles. The van der Waals surface area contributed by atoms with Gasteiger partial charge in [-0.1, -0.05) is 43.2 Å². The number of hydrogen-bond donors (Lipinski definition) is 1. The maximum atomic E-state index is 12.9. The average molecular weight is 354 g/mol. The predicted molar refractivity (Wildman–Crippen MR) is 97.1 cm³/mol. The van der Waals surface area contributed by atoms with Crippen molar-refractivity contribution in [3.05, 3.63) is 48.5 Å². The lowest BCUT2D eigenvalue weighted by atomic mass is 9.66. The van der Waals surface area contributed by atoms with Gasteiger partial charge in [0.25, 0.3) is 0 Å². The van der Waals surface area contributed by atoms with Gasteiger partial charge in [0, 0.05) is 31.5 Å². The van der Waals surface area contributed by atoms with E-state index in [1.807, 2.05) is 39.8 Å². The van der Waals surface area contributed by atoms with E-state index in [1.165, 1.54) is 0 Å². The van der Waals surface area contributed by atoms with E-state index in [2.05, 4.69) is 10.2 Å². The second-order valence-electron chi connectivity index (χ2n) is 7.54. The van der Waals surface area contributed by atoms with Crippen molar-refractivity contribution < 1.29 is 9.90 Å². The van der Waals surface area contributed by atoms with Gasteiger partial charge >= 0.3 is 0 Å². The quantitative estimate of drug-likeness (QED) is 0.915. The fourth-order valence-electron chi connectivity index (χ4n) is 4.78. The number of carbonyl (C=O) groups excluding carboxylic acids is 1. The molecule has 4 rings (SSSR count). The van der Waals surface area contributed by atoms with Crippen molar-refractivity contribution in [2.24, 2.45) is 5.92 Å². The number of benzene rings is 1. The minimum Gasteiger partial charge on any atom is -0.385 e. The zero-order chi connectivity index (χ0) is 18.0. The van der Waals surface area contributed by atoms with Crippen LogP contribution in [0.5, 0.6) is 0 Å². The van der Waals surface area contributed by atoms with Crippen molar-refractivity contribution >= 4 is 5.91 Å². The van der Waals surface area contributed by atoms with Crippen LogP contribution in [-0.4, -0.2) is 43.3 Å². The first-order valence-electron chi connectivity index (χ1n) is 9.58. The molecule has 2 aromatic rings. The van der Waals surface area contributed by atoms with E-state index in [0.717, 1.165) is 31.2 Å². The van der Waals surface area contributed by atoms with Crippen molar-refractivity contribution in [1.82, 2.24) is 19.7 Å². The van der Waals surface area contributed by atoms with Crippen LogP contribution >= 0.6 is 0 Å². The summed E-state index contributed by atoms with van der Waals surface area (Å²) in [4.78, 5) is 14.9. The Bertz CT molecular complexity index is 734. The van der Waals surface area contributed by atoms with Crippen molar-refractivity contribution in [1.29, 1.82) is 0 Å². The van der Waals surface area contributed by atoms with E-state index < -0.39 is 5.60 Å². The van der Waals surface area contributed by atoms with Gasteiger partial charge in [-0.15, -0.1) is 10.2 Å². The molecule has 2 heterocycles. The van der Waals surface area contributed by atoms with Crippen LogP contribution in [0.15, 0.2) is 43.0 Å². The molecule has 1 N–H and O–H groups in total. The zero-order valence-corrected chi connectivity index (χ0v) is 15.0. The van der Waals surface area contributed by atoms with Crippen LogP contribution in [0.2, 0.25) is 0 Å². The zero-order valence-electron chi connectivity index (χ0n) is 15.0. The Morgan fingerprint density at radius 3 is 2.65 bits per heavy atom. The van der Waals surface area contributed by atoms with Crippen molar-refractivity contribution in [3.8, 4) is 0 Å². The number of aromatic nitrogens is 3. The summed E-state index contributed by atoms with van der Waals surface area (Å²) in [5, 5.41) is 19.1. The Balaban J connectivity index is 1.52. The maximum absolute atomic E-state index is 12.9. The first-order valence-corrected chi connectivity index (χ1v) is 9.58. The van der Waals surface area contributed by atoms with Crippen LogP contribution in [0.3, 0.4) is 0 Å². The average Bonchev–Trinajstić information content (AvgIpc) is 3.21. The van der Waals surface area contributed by atoms with Gasteiger partial charge in [-0.3, -0.25) is 4.79 Å². The molecule has 1 saturated heterocycles. The van der Waals surface area contributed by atoms with Crippen LogP contribution < -0.4 is 0 Å². The molecular formula is C20H26N4O2. The lowest BCUT2D eigenvalue weighted by Crippen LogP contribution is -2.59. The van der Waals surface area contributed by atoms with Crippen LogP contribution in [-0.2, 0) is 16.9 Å². The molecule has 138 valence electrons. The highest BCUT2D eigenvalue weighted by molar-refractivity contribution is 5.76. The van der Waals surface area contributed by atoms with Crippen molar-refractivity contribution in [2.75, 3.05) is 6.54 Å². The van der Waals surface area contributed by atoms with Gasteiger partial charge in [-0.05, 0) is 24.8 Å². The molecule has 1 aromatic heterocycles. The minimum absolute atomic E-state index is 0.117. The third kappa shape index (κ3) is 3.14. The number of fused-ring (bicyclic) bond motifs is 1. The fourth-order valence-corrected chi connectivity index (χ4v) is 4.78. The Hall–Kier alpha value is -2.21. The third-order valence-corrected chi connectivity index (χ3v) is 6.12. The number of aliphatic hydroxyl groups is 1. The first kappa shape index (κ1) is 17.2. The highest BCUT2D eigenvalue weighted by atomic mass is 16.3. The summed E-state index contributed by atoms with van der Waals surface area (Å²) >= 11 is 0. The molecule has 1 amide bonds. The summed E-state index contributed by atoms with van der Waals surface area (Å²) in [6, 6.07) is 10.1. The Labute approximate surface area is 153 Å². The molecule has 26 heavy (non-hydrogen) atoms. The second-order valence-corrected chi connectivity index (χ2v) is 7.54. The van der Waals surface area contributed by atoms with Gasteiger partial charge in [0.15, 0.2) is 0 Å². The largest absolute Gasteiger partial charge is 0.385 e. The molecule has 6 heteroatoms. The summed E-state index contributed by atoms with van der Waals surface area (Å²) in [5.74, 6) is 0.289. The predicted octanol–water partition coefficient (Wildman–Crippen LogP) is 2.35. The molecule has 2 aliphatic rings. The Kier molecular flexibility index (Phi) is 4.76. The van der Waals surface area contributed by atoms with Crippen LogP contribution in [0.1, 0.15) is 44.1 Å². The molecule has 1 aliphatic heterocycles. The van der Waals surface area contributed by atoms with Gasteiger partial charge in [0.05, 0.1) is 5.60 Å². The van der Waals surface area contributed by atoms with E-state index in [1.54, 1.807) is 12.7 Å². The highest BCUT2D eigenvalue weighted by Gasteiger charge is 2.50. The number of nitrogens with zero attached hydrogens (tertiary/aromatic N) is 4. The monoisotopic (exact) mass is 354 g/mol. The fraction of sp³-hybridized carbons (Fsp3) is 0.550. The molecule has 3 atom stereocenters. The number of carbonyl (C=O) groups is 1. The summed E-state index contributed by atoms with van der Waals surface area (Å²) in [6.45, 7) is 1.22. The SMILES string of the molecule is O=C(CCn1cnnc1)N1CC[C@](O)(c2ccccc2)[C@@H]2CCCC[C@H]21. The third-order valence-electron chi connectivity index (χ3n) is 6.12. The Morgan fingerprint density at radius 1 is 1.15 bits per heavy atom. The number of likely N-dealkylation sites (tertiary alicyclic amines) is 1. The van der Waals surface area contributed by atoms with E-state index in [0.29, 0.717) is 25.9 Å². The van der Waals surface area contributed by atoms with E-state index in [4.69, 9.17) is 0 Å². The normalized spacial score (nSPS) is 28.6. The Morgan fingerprint density at radius 2 is 1.88 bits per heavy atom. The standard InChI is InChI=1S/C20H26N4O2/c25-19(10-12-23-14-21-22-15-23)24-13-11-20(26,16-6-2-1-3-7-16)17-8-4-5-9-18(17)24/h1-3,6-7,14-15,17-18,26H,4-5,8-13H2/t17-,18-,20+/m1/s1. The lowest BCUT2D eigenvalue weighted by Gasteiger charge is -2.52. The minimum atomic E-state index is -0.822. The summed E-state index contributed by atoms with van der Waals surface area (Å²) in [7, 11) is 0. The van der Waals surface area contributed by atoms with Gasteiger partial charge in [0.2, 0.25) is 5.91 Å². The van der Waals surface area contributed by atoms with Gasteiger partial charge in [0.1, 0.15) is 12.7 Å². The van der Waals surface area contributed by atoms with Gasteiger partial charge in [-0.25, -0.2) is 0 Å². The van der Waals surface area contributed by atoms with Gasteiger partial charge in [-0.2, -0.15) is 0 Å². The molecule has 0 unspecified atom stereocenters.